The number of carbonyl (C=O) groups is 4. The minimum Gasteiger partial charge on any atom is -0.545 e. The van der Waals surface area contributed by atoms with Crippen molar-refractivity contribution in [3.05, 3.63) is 95.6 Å². The molecule has 0 aliphatic rings. The fourth-order valence-electron chi connectivity index (χ4n) is 2.80. The van der Waals surface area contributed by atoms with Gasteiger partial charge in [0.2, 0.25) is 0 Å². The summed E-state index contributed by atoms with van der Waals surface area (Å²) in [5.41, 5.74) is 0.974. The molecule has 0 aromatic carbocycles. The van der Waals surface area contributed by atoms with E-state index in [1.54, 1.807) is 0 Å². The van der Waals surface area contributed by atoms with Gasteiger partial charge in [-0.3, -0.25) is 19.9 Å². The number of hydrogen-bond acceptors (Lipinski definition) is 11. The molecule has 4 rings (SSSR count). The summed E-state index contributed by atoms with van der Waals surface area (Å²) in [5.74, 6) is -5.09. The smallest absolute Gasteiger partial charge is 0.545 e. The van der Waals surface area contributed by atoms with Crippen LogP contribution in [0.15, 0.2) is 73.3 Å². The van der Waals surface area contributed by atoms with Gasteiger partial charge < -0.3 is 34.8 Å². The predicted molar refractivity (Wildman–Crippen MR) is 115 cm³/mol. The molecule has 13 heteroatoms. The molecule has 0 bridgehead atoms. The number of aromatic carboxylic acids is 4. The molecule has 0 unspecified atom stereocenters. The van der Waals surface area contributed by atoms with Crippen LogP contribution in [0.1, 0.15) is 41.4 Å². The van der Waals surface area contributed by atoms with Gasteiger partial charge in [-0.05, 0) is 48.5 Å². The number of carboxylic acids is 4. The molecular formula is C24H13N4O8Ru. The summed E-state index contributed by atoms with van der Waals surface area (Å²) < 4.78 is 0. The molecule has 1 N–H and O–H groups in total. The Hall–Kier alpha value is -4.90. The molecule has 1 radical (unpaired) electrons. The Kier molecular flexibility index (Phi) is 9.73. The second-order valence-corrected chi connectivity index (χ2v) is 6.89. The Bertz CT molecular complexity index is 1260. The van der Waals surface area contributed by atoms with E-state index < -0.39 is 23.9 Å². The average Bonchev–Trinajstić information content (AvgIpc) is 2.89. The largest absolute Gasteiger partial charge is 3.00 e. The third kappa shape index (κ3) is 7.54. The van der Waals surface area contributed by atoms with Crippen molar-refractivity contribution in [2.24, 2.45) is 0 Å². The van der Waals surface area contributed by atoms with Crippen molar-refractivity contribution >= 4 is 23.9 Å². The molecule has 4 aromatic heterocycles. The Morgan fingerprint density at radius 2 is 0.757 bits per heavy atom. The number of hydrogen-bond donors (Lipinski definition) is 1. The molecule has 0 spiro atoms. The van der Waals surface area contributed by atoms with Gasteiger partial charge in [0.25, 0.3) is 0 Å². The van der Waals surface area contributed by atoms with Crippen LogP contribution in [0.25, 0.3) is 22.8 Å². The van der Waals surface area contributed by atoms with E-state index in [1.807, 2.05) is 0 Å². The van der Waals surface area contributed by atoms with Crippen LogP contribution in [0.3, 0.4) is 0 Å². The van der Waals surface area contributed by atoms with Crippen LogP contribution in [-0.2, 0) is 19.5 Å². The van der Waals surface area contributed by atoms with E-state index in [1.165, 1.54) is 73.3 Å². The molecule has 0 aliphatic heterocycles. The van der Waals surface area contributed by atoms with E-state index in [9.17, 15) is 34.5 Å². The Morgan fingerprint density at radius 1 is 0.514 bits per heavy atom. The molecule has 12 nitrogen and oxygen atoms in total. The average molecular weight is 586 g/mol. The quantitative estimate of drug-likeness (QED) is 0.272. The van der Waals surface area contributed by atoms with E-state index in [-0.39, 0.29) is 64.5 Å². The van der Waals surface area contributed by atoms with Crippen molar-refractivity contribution < 1.29 is 59.1 Å². The van der Waals surface area contributed by atoms with E-state index in [4.69, 9.17) is 5.11 Å². The van der Waals surface area contributed by atoms with E-state index in [0.29, 0.717) is 0 Å². The number of carbonyl (C=O) groups excluding carboxylic acids is 3. The Labute approximate surface area is 221 Å². The fourth-order valence-corrected chi connectivity index (χ4v) is 2.80. The third-order valence-electron chi connectivity index (χ3n) is 4.52. The zero-order valence-corrected chi connectivity index (χ0v) is 20.1. The number of carboxylic acid groups (broad SMARTS) is 4. The number of pyridine rings is 4. The summed E-state index contributed by atoms with van der Waals surface area (Å²) in [5, 5.41) is 40.9. The second kappa shape index (κ2) is 12.7. The first kappa shape index (κ1) is 28.3. The molecule has 0 saturated carbocycles. The van der Waals surface area contributed by atoms with Crippen LogP contribution in [-0.4, -0.2) is 48.9 Å². The molecule has 185 valence electrons. The van der Waals surface area contributed by atoms with E-state index in [2.05, 4.69) is 19.9 Å². The van der Waals surface area contributed by atoms with E-state index >= 15 is 0 Å². The van der Waals surface area contributed by atoms with Gasteiger partial charge in [-0.1, -0.05) is 0 Å². The zero-order chi connectivity index (χ0) is 26.2. The van der Waals surface area contributed by atoms with Crippen LogP contribution in [0.2, 0.25) is 0 Å². The van der Waals surface area contributed by atoms with Crippen molar-refractivity contribution in [1.29, 1.82) is 0 Å². The summed E-state index contributed by atoms with van der Waals surface area (Å²) >= 11 is 0. The maximum atomic E-state index is 10.8. The SMILES string of the molecule is O=C([O-])c1ccnc(-c2cc(C(=O)O)ccn2)c1.O=C([O-])c1ccnc(-c2cc(C(=O)[O-])ccn2)c1.[Ru+3]. The van der Waals surface area contributed by atoms with Crippen LogP contribution < -0.4 is 15.3 Å². The zero-order valence-electron chi connectivity index (χ0n) is 18.4. The van der Waals surface area contributed by atoms with Crippen LogP contribution in [0.5, 0.6) is 0 Å². The minimum absolute atomic E-state index is 0. The maximum absolute atomic E-state index is 10.8. The molecule has 4 heterocycles. The van der Waals surface area contributed by atoms with Gasteiger partial charge in [0.05, 0.1) is 46.2 Å². The number of aromatic nitrogens is 4. The molecule has 0 saturated heterocycles. The Morgan fingerprint density at radius 3 is 1.00 bits per heavy atom. The van der Waals surface area contributed by atoms with Crippen LogP contribution >= 0.6 is 0 Å². The standard InChI is InChI=1S/2C12H8N2O4.Ru/c2*15-11(16)7-1-3-13-9(5-7)10-6-8(12(17)18)2-4-14-10;/h2*1-6H,(H,15,16)(H,17,18);/q;;+3/p-3. The van der Waals surface area contributed by atoms with Gasteiger partial charge in [0.15, 0.2) is 0 Å². The monoisotopic (exact) mass is 587 g/mol. The summed E-state index contributed by atoms with van der Waals surface area (Å²) in [6, 6.07) is 10.3. The molecular weight excluding hydrogens is 573 g/mol. The van der Waals surface area contributed by atoms with E-state index in [0.717, 1.165) is 0 Å². The second-order valence-electron chi connectivity index (χ2n) is 6.89. The first-order chi connectivity index (χ1) is 17.2. The molecule has 0 amide bonds. The Balaban J connectivity index is 0.000000253. The topological polar surface area (TPSA) is 209 Å². The van der Waals surface area contributed by atoms with Crippen molar-refractivity contribution in [1.82, 2.24) is 19.9 Å². The van der Waals surface area contributed by atoms with Gasteiger partial charge >= 0.3 is 25.4 Å². The fraction of sp³-hybridized carbons (Fsp3) is 0. The molecule has 0 aliphatic carbocycles. The summed E-state index contributed by atoms with van der Waals surface area (Å²) in [6.07, 6.45) is 5.20. The molecule has 0 fully saturated rings. The van der Waals surface area contributed by atoms with Gasteiger partial charge in [-0.2, -0.15) is 0 Å². The van der Waals surface area contributed by atoms with Crippen molar-refractivity contribution in [2.45, 2.75) is 0 Å². The maximum Gasteiger partial charge on any atom is 3.00 e. The van der Waals surface area contributed by atoms with Crippen molar-refractivity contribution in [3.8, 4) is 22.8 Å². The predicted octanol–water partition coefficient (Wildman–Crippen LogP) is -0.927. The van der Waals surface area contributed by atoms with Gasteiger partial charge in [0, 0.05) is 41.5 Å². The van der Waals surface area contributed by atoms with Crippen LogP contribution in [0.4, 0.5) is 0 Å². The summed E-state index contributed by atoms with van der Waals surface area (Å²) in [7, 11) is 0. The first-order valence-electron chi connectivity index (χ1n) is 9.88. The normalized spacial score (nSPS) is 9.73. The number of rotatable bonds is 6. The van der Waals surface area contributed by atoms with Gasteiger partial charge in [0.1, 0.15) is 0 Å². The van der Waals surface area contributed by atoms with Crippen molar-refractivity contribution in [3.63, 3.8) is 0 Å². The molecule has 0 atom stereocenters. The molecule has 37 heavy (non-hydrogen) atoms. The van der Waals surface area contributed by atoms with Crippen LogP contribution in [0, 0.1) is 0 Å². The molecule has 4 aromatic rings. The minimum atomic E-state index is -1.34. The third-order valence-corrected chi connectivity index (χ3v) is 4.52. The van der Waals surface area contributed by atoms with Gasteiger partial charge in [-0.15, -0.1) is 0 Å². The van der Waals surface area contributed by atoms with Crippen molar-refractivity contribution in [2.75, 3.05) is 0 Å². The summed E-state index contributed by atoms with van der Waals surface area (Å²) in [4.78, 5) is 58.7. The first-order valence-corrected chi connectivity index (χ1v) is 9.88. The number of nitrogens with zero attached hydrogens (tertiary/aromatic N) is 4. The van der Waals surface area contributed by atoms with Gasteiger partial charge in [-0.25, -0.2) is 4.79 Å². The summed E-state index contributed by atoms with van der Waals surface area (Å²) in [6.45, 7) is 0.